The second kappa shape index (κ2) is 11.7. The number of thioether (sulfide) groups is 1. The molecule has 0 radical (unpaired) electrons. The van der Waals surface area contributed by atoms with Crippen molar-refractivity contribution in [1.29, 1.82) is 0 Å². The minimum atomic E-state index is -0.372. The molecule has 0 fully saturated rings. The van der Waals surface area contributed by atoms with Crippen molar-refractivity contribution in [2.24, 2.45) is 5.10 Å². The van der Waals surface area contributed by atoms with Gasteiger partial charge in [0.2, 0.25) is 5.91 Å². The zero-order valence-electron chi connectivity index (χ0n) is 20.3. The van der Waals surface area contributed by atoms with Gasteiger partial charge in [-0.05, 0) is 76.3 Å². The third kappa shape index (κ3) is 6.10. The summed E-state index contributed by atoms with van der Waals surface area (Å²) in [6.07, 6.45) is 1.55. The number of carbonyl (C=O) groups is 2. The van der Waals surface area contributed by atoms with Gasteiger partial charge < -0.3 is 10.1 Å². The Labute approximate surface area is 223 Å². The average Bonchev–Trinajstić information content (AvgIpc) is 3.26. The average molecular weight is 526 g/mol. The van der Waals surface area contributed by atoms with Crippen molar-refractivity contribution in [2.45, 2.75) is 5.25 Å². The van der Waals surface area contributed by atoms with Crippen LogP contribution in [-0.4, -0.2) is 30.4 Å². The van der Waals surface area contributed by atoms with Gasteiger partial charge in [0.05, 0.1) is 17.2 Å². The highest BCUT2D eigenvalue weighted by atomic mass is 32.2. The van der Waals surface area contributed by atoms with Crippen molar-refractivity contribution in [1.82, 2.24) is 5.43 Å². The Morgan fingerprint density at radius 1 is 0.842 bits per heavy atom. The minimum Gasteiger partial charge on any atom is -0.484 e. The van der Waals surface area contributed by atoms with E-state index in [-0.39, 0.29) is 35.2 Å². The van der Waals surface area contributed by atoms with Crippen LogP contribution in [0.4, 0.5) is 10.1 Å². The Morgan fingerprint density at radius 3 is 2.13 bits per heavy atom. The van der Waals surface area contributed by atoms with Gasteiger partial charge in [-0.15, -0.1) is 11.8 Å². The van der Waals surface area contributed by atoms with E-state index in [1.807, 2.05) is 24.3 Å². The molecule has 0 atom stereocenters. The molecule has 0 saturated carbocycles. The SMILES string of the molecule is O=C(CSC1c2ccccc2-c2ccccc21)NN=Cc1ccc(OCC(=O)Nc2ccc(F)cc2)cc1. The molecule has 1 aliphatic rings. The first-order valence-corrected chi connectivity index (χ1v) is 13.0. The molecule has 0 unspecified atom stereocenters. The van der Waals surface area contributed by atoms with Crippen LogP contribution < -0.4 is 15.5 Å². The lowest BCUT2D eigenvalue weighted by Crippen LogP contribution is -2.20. The largest absolute Gasteiger partial charge is 0.484 e. The molecule has 1 aliphatic carbocycles. The highest BCUT2D eigenvalue weighted by Gasteiger charge is 2.28. The highest BCUT2D eigenvalue weighted by molar-refractivity contribution is 8.00. The number of halogens is 1. The van der Waals surface area contributed by atoms with Crippen LogP contribution in [0.15, 0.2) is 102 Å². The van der Waals surface area contributed by atoms with E-state index in [1.165, 1.54) is 46.5 Å². The third-order valence-corrected chi connectivity index (χ3v) is 7.21. The number of hydrogen-bond acceptors (Lipinski definition) is 5. The van der Waals surface area contributed by atoms with Crippen molar-refractivity contribution in [3.63, 3.8) is 0 Å². The predicted octanol–water partition coefficient (Wildman–Crippen LogP) is 5.80. The molecule has 5 rings (SSSR count). The van der Waals surface area contributed by atoms with Crippen LogP contribution in [0.5, 0.6) is 5.75 Å². The number of rotatable bonds is 9. The molecule has 0 spiro atoms. The monoisotopic (exact) mass is 525 g/mol. The van der Waals surface area contributed by atoms with Crippen molar-refractivity contribution in [3.8, 4) is 16.9 Å². The Kier molecular flexibility index (Phi) is 7.80. The maximum Gasteiger partial charge on any atom is 0.262 e. The van der Waals surface area contributed by atoms with Gasteiger partial charge in [0.1, 0.15) is 11.6 Å². The van der Waals surface area contributed by atoms with E-state index in [4.69, 9.17) is 4.74 Å². The van der Waals surface area contributed by atoms with Gasteiger partial charge in [0.25, 0.3) is 5.91 Å². The molecule has 0 aromatic heterocycles. The summed E-state index contributed by atoms with van der Waals surface area (Å²) in [6, 6.07) is 29.1. The first-order valence-electron chi connectivity index (χ1n) is 12.0. The van der Waals surface area contributed by atoms with E-state index in [9.17, 15) is 14.0 Å². The maximum atomic E-state index is 13.0. The number of nitrogens with one attached hydrogen (secondary N) is 2. The van der Waals surface area contributed by atoms with Crippen LogP contribution in [0.1, 0.15) is 21.9 Å². The van der Waals surface area contributed by atoms with E-state index in [0.29, 0.717) is 11.4 Å². The molecule has 0 aliphatic heterocycles. The number of ether oxygens (including phenoxy) is 1. The maximum absolute atomic E-state index is 13.0. The Morgan fingerprint density at radius 2 is 1.47 bits per heavy atom. The Bertz CT molecular complexity index is 1430. The van der Waals surface area contributed by atoms with Crippen LogP contribution in [0.3, 0.4) is 0 Å². The summed E-state index contributed by atoms with van der Waals surface area (Å²) in [5.41, 5.74) is 8.74. The van der Waals surface area contributed by atoms with E-state index >= 15 is 0 Å². The lowest BCUT2D eigenvalue weighted by molar-refractivity contribution is -0.119. The van der Waals surface area contributed by atoms with E-state index in [0.717, 1.165) is 5.56 Å². The number of benzene rings is 4. The number of anilines is 1. The fourth-order valence-corrected chi connectivity index (χ4v) is 5.34. The molecule has 0 bridgehead atoms. The van der Waals surface area contributed by atoms with Crippen molar-refractivity contribution >= 4 is 35.5 Å². The van der Waals surface area contributed by atoms with Crippen molar-refractivity contribution in [3.05, 3.63) is 120 Å². The summed E-state index contributed by atoms with van der Waals surface area (Å²) in [6.45, 7) is -0.186. The van der Waals surface area contributed by atoms with Crippen LogP contribution in [0.25, 0.3) is 11.1 Å². The number of amides is 2. The summed E-state index contributed by atoms with van der Waals surface area (Å²) >= 11 is 1.58. The quantitative estimate of drug-likeness (QED) is 0.214. The zero-order chi connectivity index (χ0) is 26.3. The zero-order valence-corrected chi connectivity index (χ0v) is 21.1. The topological polar surface area (TPSA) is 79.8 Å². The molecule has 2 N–H and O–H groups in total. The standard InChI is InChI=1S/C30H24FN3O3S/c31-21-11-13-22(14-12-21)33-28(35)18-37-23-15-9-20(10-16-23)17-32-34-29(36)19-38-30-26-7-3-1-5-24(26)25-6-2-4-8-27(25)30/h1-17,30H,18-19H2,(H,33,35)(H,34,36). The van der Waals surface area contributed by atoms with E-state index < -0.39 is 0 Å². The summed E-state index contributed by atoms with van der Waals surface area (Å²) in [5, 5.41) is 6.81. The van der Waals surface area contributed by atoms with Gasteiger partial charge in [-0.25, -0.2) is 9.82 Å². The van der Waals surface area contributed by atoms with Gasteiger partial charge in [0, 0.05) is 5.69 Å². The summed E-state index contributed by atoms with van der Waals surface area (Å²) in [5.74, 6) is -0.124. The number of hydrogen-bond donors (Lipinski definition) is 2. The predicted molar refractivity (Wildman–Crippen MR) is 149 cm³/mol. The lowest BCUT2D eigenvalue weighted by Gasteiger charge is -2.12. The molecule has 190 valence electrons. The molecule has 8 heteroatoms. The van der Waals surface area contributed by atoms with Crippen LogP contribution >= 0.6 is 11.8 Å². The number of hydrazone groups is 1. The van der Waals surface area contributed by atoms with Gasteiger partial charge in [-0.1, -0.05) is 48.5 Å². The normalized spacial score (nSPS) is 12.1. The minimum absolute atomic E-state index is 0.113. The molecule has 4 aromatic carbocycles. The summed E-state index contributed by atoms with van der Waals surface area (Å²) < 4.78 is 18.4. The van der Waals surface area contributed by atoms with E-state index in [1.54, 1.807) is 42.2 Å². The molecule has 0 heterocycles. The second-order valence-electron chi connectivity index (χ2n) is 8.57. The molecule has 4 aromatic rings. The highest BCUT2D eigenvalue weighted by Crippen LogP contribution is 2.49. The first-order chi connectivity index (χ1) is 18.6. The fraction of sp³-hybridized carbons (Fsp3) is 0.100. The van der Waals surface area contributed by atoms with Gasteiger partial charge in [-0.3, -0.25) is 9.59 Å². The van der Waals surface area contributed by atoms with Crippen LogP contribution in [0, 0.1) is 5.82 Å². The summed E-state index contributed by atoms with van der Waals surface area (Å²) in [4.78, 5) is 24.5. The number of fused-ring (bicyclic) bond motifs is 3. The first kappa shape index (κ1) is 25.2. The Hall–Kier alpha value is -4.43. The number of nitrogens with zero attached hydrogens (tertiary/aromatic N) is 1. The molecule has 2 amide bonds. The second-order valence-corrected chi connectivity index (χ2v) is 9.66. The molecule has 38 heavy (non-hydrogen) atoms. The lowest BCUT2D eigenvalue weighted by atomic mass is 10.1. The Balaban J connectivity index is 1.07. The van der Waals surface area contributed by atoms with Crippen LogP contribution in [0.2, 0.25) is 0 Å². The van der Waals surface area contributed by atoms with E-state index in [2.05, 4.69) is 40.1 Å². The smallest absolute Gasteiger partial charge is 0.262 e. The number of carbonyl (C=O) groups excluding carboxylic acids is 2. The van der Waals surface area contributed by atoms with Crippen LogP contribution in [-0.2, 0) is 9.59 Å². The van der Waals surface area contributed by atoms with Crippen molar-refractivity contribution in [2.75, 3.05) is 17.7 Å². The third-order valence-electron chi connectivity index (χ3n) is 5.94. The van der Waals surface area contributed by atoms with Gasteiger partial charge in [-0.2, -0.15) is 5.10 Å². The van der Waals surface area contributed by atoms with Gasteiger partial charge in [0.15, 0.2) is 6.61 Å². The summed E-state index contributed by atoms with van der Waals surface area (Å²) in [7, 11) is 0. The molecule has 6 nitrogen and oxygen atoms in total. The molecular weight excluding hydrogens is 501 g/mol. The van der Waals surface area contributed by atoms with Crippen molar-refractivity contribution < 1.29 is 18.7 Å². The fourth-order valence-electron chi connectivity index (χ4n) is 4.19. The molecule has 0 saturated heterocycles. The molecular formula is C30H24FN3O3S. The van der Waals surface area contributed by atoms with Gasteiger partial charge >= 0.3 is 0 Å².